The van der Waals surface area contributed by atoms with E-state index in [-0.39, 0.29) is 5.95 Å². The molecule has 0 aromatic carbocycles. The van der Waals surface area contributed by atoms with Crippen molar-refractivity contribution in [2.75, 3.05) is 12.1 Å². The lowest BCUT2D eigenvalue weighted by molar-refractivity contribution is -0.141. The molecule has 76 valence electrons. The van der Waals surface area contributed by atoms with Crippen LogP contribution in [0.4, 0.5) is 5.95 Å². The zero-order valence-corrected chi connectivity index (χ0v) is 7.81. The molecule has 1 heterocycles. The Kier molecular flexibility index (Phi) is 3.29. The van der Waals surface area contributed by atoms with E-state index in [2.05, 4.69) is 25.5 Å². The standard InChI is InChI=1S/C7H10N4O3/c1-4-5(2)9-10-7(8-4)11-14-3-6(12)13/h3H2,1-2H3,(H,12,13)(H,8,10,11). The van der Waals surface area contributed by atoms with Crippen LogP contribution in [-0.2, 0) is 9.63 Å². The first kappa shape index (κ1) is 10.3. The van der Waals surface area contributed by atoms with Crippen LogP contribution in [0, 0.1) is 13.8 Å². The van der Waals surface area contributed by atoms with Crippen molar-refractivity contribution in [3.63, 3.8) is 0 Å². The molecule has 7 nitrogen and oxygen atoms in total. The average Bonchev–Trinajstić information content (AvgIpc) is 2.10. The Morgan fingerprint density at radius 1 is 1.43 bits per heavy atom. The summed E-state index contributed by atoms with van der Waals surface area (Å²) < 4.78 is 0. The van der Waals surface area contributed by atoms with Gasteiger partial charge in [0, 0.05) is 0 Å². The van der Waals surface area contributed by atoms with E-state index >= 15 is 0 Å². The number of aliphatic carboxylic acids is 1. The summed E-state index contributed by atoms with van der Waals surface area (Å²) in [5, 5.41) is 15.7. The lowest BCUT2D eigenvalue weighted by Crippen LogP contribution is -2.13. The number of carboxylic acid groups (broad SMARTS) is 1. The third-order valence-electron chi connectivity index (χ3n) is 1.45. The monoisotopic (exact) mass is 198 g/mol. The van der Waals surface area contributed by atoms with E-state index in [1.165, 1.54) is 0 Å². The molecule has 0 saturated carbocycles. The third-order valence-corrected chi connectivity index (χ3v) is 1.45. The van der Waals surface area contributed by atoms with Gasteiger partial charge in [-0.05, 0) is 13.8 Å². The minimum Gasteiger partial charge on any atom is -0.479 e. The maximum absolute atomic E-state index is 10.1. The highest BCUT2D eigenvalue weighted by molar-refractivity contribution is 5.68. The van der Waals surface area contributed by atoms with Crippen molar-refractivity contribution >= 4 is 11.9 Å². The van der Waals surface area contributed by atoms with Crippen LogP contribution in [0.5, 0.6) is 0 Å². The minimum absolute atomic E-state index is 0.148. The maximum atomic E-state index is 10.1. The molecule has 0 fully saturated rings. The summed E-state index contributed by atoms with van der Waals surface area (Å²) in [6.45, 7) is 3.08. The molecule has 0 unspecified atom stereocenters. The SMILES string of the molecule is Cc1nnc(NOCC(=O)O)nc1C. The van der Waals surface area contributed by atoms with Gasteiger partial charge in [-0.2, -0.15) is 5.10 Å². The van der Waals surface area contributed by atoms with Crippen LogP contribution < -0.4 is 5.48 Å². The maximum Gasteiger partial charge on any atom is 0.332 e. The first-order chi connectivity index (χ1) is 6.59. The van der Waals surface area contributed by atoms with Crippen molar-refractivity contribution in [1.29, 1.82) is 0 Å². The van der Waals surface area contributed by atoms with Crippen LogP contribution in [0.2, 0.25) is 0 Å². The fourth-order valence-electron chi connectivity index (χ4n) is 0.662. The first-order valence-corrected chi connectivity index (χ1v) is 3.87. The molecular formula is C7H10N4O3. The van der Waals surface area contributed by atoms with Crippen LogP contribution in [0.1, 0.15) is 11.4 Å². The molecule has 2 N–H and O–H groups in total. The van der Waals surface area contributed by atoms with Crippen LogP contribution in [0.3, 0.4) is 0 Å². The van der Waals surface area contributed by atoms with Gasteiger partial charge in [0.2, 0.25) is 0 Å². The number of nitrogens with one attached hydrogen (secondary N) is 1. The molecule has 0 aliphatic carbocycles. The Hall–Kier alpha value is -1.76. The Morgan fingerprint density at radius 3 is 2.71 bits per heavy atom. The summed E-state index contributed by atoms with van der Waals surface area (Å²) >= 11 is 0. The van der Waals surface area contributed by atoms with Gasteiger partial charge in [0.1, 0.15) is 0 Å². The molecule has 1 aromatic heterocycles. The molecule has 1 rings (SSSR count). The second-order valence-electron chi connectivity index (χ2n) is 2.59. The van der Waals surface area contributed by atoms with E-state index in [1.54, 1.807) is 13.8 Å². The van der Waals surface area contributed by atoms with Gasteiger partial charge in [0.05, 0.1) is 11.4 Å². The largest absolute Gasteiger partial charge is 0.479 e. The Balaban J connectivity index is 2.51. The number of rotatable bonds is 4. The zero-order chi connectivity index (χ0) is 10.6. The fourth-order valence-corrected chi connectivity index (χ4v) is 0.662. The Morgan fingerprint density at radius 2 is 2.14 bits per heavy atom. The third kappa shape index (κ3) is 2.94. The quantitative estimate of drug-likeness (QED) is 0.653. The number of hydrogen-bond donors (Lipinski definition) is 2. The second kappa shape index (κ2) is 4.47. The highest BCUT2D eigenvalue weighted by atomic mass is 16.7. The average molecular weight is 198 g/mol. The van der Waals surface area contributed by atoms with Gasteiger partial charge < -0.3 is 5.11 Å². The van der Waals surface area contributed by atoms with Crippen molar-refractivity contribution < 1.29 is 14.7 Å². The first-order valence-electron chi connectivity index (χ1n) is 3.87. The van der Waals surface area contributed by atoms with E-state index in [4.69, 9.17) is 5.11 Å². The summed E-state index contributed by atoms with van der Waals surface area (Å²) in [5.41, 5.74) is 3.70. The van der Waals surface area contributed by atoms with Crippen molar-refractivity contribution in [1.82, 2.24) is 15.2 Å². The number of aromatic nitrogens is 3. The Bertz CT molecular complexity index is 342. The lowest BCUT2D eigenvalue weighted by Gasteiger charge is -2.03. The normalized spacial score (nSPS) is 9.86. The topological polar surface area (TPSA) is 97.2 Å². The molecule has 0 bridgehead atoms. The molecule has 14 heavy (non-hydrogen) atoms. The highest BCUT2D eigenvalue weighted by Crippen LogP contribution is 2.01. The van der Waals surface area contributed by atoms with Gasteiger partial charge in [-0.3, -0.25) is 4.84 Å². The molecule has 0 aliphatic rings. The van der Waals surface area contributed by atoms with Crippen LogP contribution >= 0.6 is 0 Å². The molecule has 1 aromatic rings. The lowest BCUT2D eigenvalue weighted by atomic mass is 10.4. The van der Waals surface area contributed by atoms with Crippen LogP contribution in [0.15, 0.2) is 0 Å². The van der Waals surface area contributed by atoms with Gasteiger partial charge in [0.25, 0.3) is 5.95 Å². The molecular weight excluding hydrogens is 188 g/mol. The summed E-state index contributed by atoms with van der Waals surface area (Å²) in [4.78, 5) is 18.6. The summed E-state index contributed by atoms with van der Waals surface area (Å²) in [7, 11) is 0. The Labute approximate surface area is 80.1 Å². The number of aryl methyl sites for hydroxylation is 2. The summed E-state index contributed by atoms with van der Waals surface area (Å²) in [5.74, 6) is -0.927. The smallest absolute Gasteiger partial charge is 0.332 e. The van der Waals surface area contributed by atoms with Crippen LogP contribution in [0.25, 0.3) is 0 Å². The molecule has 0 saturated heterocycles. The number of hydrogen-bond acceptors (Lipinski definition) is 6. The van der Waals surface area contributed by atoms with Crippen molar-refractivity contribution in [3.8, 4) is 0 Å². The molecule has 0 radical (unpaired) electrons. The summed E-state index contributed by atoms with van der Waals surface area (Å²) in [6.07, 6.45) is 0. The number of nitrogens with zero attached hydrogens (tertiary/aromatic N) is 3. The molecule has 0 spiro atoms. The molecule has 7 heteroatoms. The van der Waals surface area contributed by atoms with Gasteiger partial charge >= 0.3 is 5.97 Å². The van der Waals surface area contributed by atoms with Gasteiger partial charge in [0.15, 0.2) is 6.61 Å². The summed E-state index contributed by atoms with van der Waals surface area (Å²) in [6, 6.07) is 0. The zero-order valence-electron chi connectivity index (χ0n) is 7.81. The molecule has 0 atom stereocenters. The second-order valence-corrected chi connectivity index (χ2v) is 2.59. The van der Waals surface area contributed by atoms with Crippen molar-refractivity contribution in [2.24, 2.45) is 0 Å². The van der Waals surface area contributed by atoms with E-state index in [9.17, 15) is 4.79 Å². The van der Waals surface area contributed by atoms with E-state index in [0.717, 1.165) is 0 Å². The van der Waals surface area contributed by atoms with Crippen molar-refractivity contribution in [2.45, 2.75) is 13.8 Å². The van der Waals surface area contributed by atoms with E-state index in [0.29, 0.717) is 11.4 Å². The predicted octanol–water partition coefficient (Wildman–Crippen LogP) is -0.0835. The van der Waals surface area contributed by atoms with E-state index < -0.39 is 12.6 Å². The number of anilines is 1. The molecule has 0 aliphatic heterocycles. The molecule has 0 amide bonds. The number of carbonyl (C=O) groups is 1. The number of carboxylic acids is 1. The van der Waals surface area contributed by atoms with Gasteiger partial charge in [-0.1, -0.05) is 0 Å². The van der Waals surface area contributed by atoms with E-state index in [1.807, 2.05) is 0 Å². The van der Waals surface area contributed by atoms with Crippen LogP contribution in [-0.4, -0.2) is 32.9 Å². The highest BCUT2D eigenvalue weighted by Gasteiger charge is 2.02. The fraction of sp³-hybridized carbons (Fsp3) is 0.429. The van der Waals surface area contributed by atoms with Gasteiger partial charge in [-0.15, -0.1) is 5.10 Å². The van der Waals surface area contributed by atoms with Crippen molar-refractivity contribution in [3.05, 3.63) is 11.4 Å². The predicted molar refractivity (Wildman–Crippen MR) is 46.5 cm³/mol. The van der Waals surface area contributed by atoms with Gasteiger partial charge in [-0.25, -0.2) is 15.3 Å². The minimum atomic E-state index is -1.07.